The van der Waals surface area contributed by atoms with E-state index in [1.165, 1.54) is 0 Å². The summed E-state index contributed by atoms with van der Waals surface area (Å²) in [6, 6.07) is 3.32. The van der Waals surface area contributed by atoms with Crippen molar-refractivity contribution in [2.45, 2.75) is 6.18 Å². The summed E-state index contributed by atoms with van der Waals surface area (Å²) in [5.74, 6) is -1.24. The number of hydrogen-bond donors (Lipinski definition) is 1. The summed E-state index contributed by atoms with van der Waals surface area (Å²) in [6.07, 6.45) is -4.42. The van der Waals surface area contributed by atoms with Crippen LogP contribution >= 0.6 is 0 Å². The number of carbonyl (C=O) groups is 1. The zero-order valence-electron chi connectivity index (χ0n) is 6.30. The molecule has 0 bridgehead atoms. The fourth-order valence-electron chi connectivity index (χ4n) is 0.802. The quantitative estimate of drug-likeness (QED) is 0.692. The van der Waals surface area contributed by atoms with Gasteiger partial charge in [0.05, 0.1) is 11.1 Å². The number of hydrogen-bond acceptors (Lipinski definition) is 1. The molecule has 0 amide bonds. The van der Waals surface area contributed by atoms with Crippen LogP contribution in [0.3, 0.4) is 0 Å². The summed E-state index contributed by atoms with van der Waals surface area (Å²) >= 11 is 0. The Balaban J connectivity index is 3.01. The number of aromatic carboxylic acids is 1. The van der Waals surface area contributed by atoms with Crippen LogP contribution in [0.5, 0.6) is 0 Å². The molecule has 0 unspecified atom stereocenters. The molecule has 0 aliphatic carbocycles. The second-order valence-electron chi connectivity index (χ2n) is 2.38. The Morgan fingerprint density at radius 2 is 1.62 bits per heavy atom. The lowest BCUT2D eigenvalue weighted by molar-refractivity contribution is -0.137. The molecule has 0 spiro atoms. The van der Waals surface area contributed by atoms with Crippen LogP contribution < -0.4 is 0 Å². The normalized spacial score (nSPS) is 11.3. The second-order valence-corrected chi connectivity index (χ2v) is 2.38. The smallest absolute Gasteiger partial charge is 0.416 e. The monoisotopic (exact) mass is 191 g/mol. The number of rotatable bonds is 1. The van der Waals surface area contributed by atoms with Crippen molar-refractivity contribution in [2.75, 3.05) is 0 Å². The summed E-state index contributed by atoms with van der Waals surface area (Å²) in [5.41, 5.74) is -1.01. The van der Waals surface area contributed by atoms with E-state index in [4.69, 9.17) is 5.11 Å². The van der Waals surface area contributed by atoms with Crippen molar-refractivity contribution in [3.63, 3.8) is 0 Å². The largest absolute Gasteiger partial charge is 0.478 e. The van der Waals surface area contributed by atoms with Crippen molar-refractivity contribution in [1.29, 1.82) is 0 Å². The number of benzene rings is 1. The summed E-state index contributed by atoms with van der Waals surface area (Å²) in [5, 5.41) is 8.40. The van der Waals surface area contributed by atoms with Gasteiger partial charge in [-0.1, -0.05) is 0 Å². The molecule has 0 saturated heterocycles. The van der Waals surface area contributed by atoms with Crippen LogP contribution in [0.4, 0.5) is 13.2 Å². The molecule has 0 fully saturated rings. The molecule has 0 aliphatic heterocycles. The maximum atomic E-state index is 12.0. The van der Waals surface area contributed by atoms with Gasteiger partial charge in [-0.3, -0.25) is 0 Å². The molecule has 0 aromatic heterocycles. The van der Waals surface area contributed by atoms with Crippen molar-refractivity contribution in [1.82, 2.24) is 0 Å². The van der Waals surface area contributed by atoms with Crippen LogP contribution in [-0.2, 0) is 6.18 Å². The highest BCUT2D eigenvalue weighted by atomic mass is 19.4. The van der Waals surface area contributed by atoms with Crippen LogP contribution in [-0.4, -0.2) is 11.1 Å². The zero-order chi connectivity index (χ0) is 10.1. The SMILES string of the molecule is O=[13C](O)c1ccc(C(F)(F)F)cc1. The van der Waals surface area contributed by atoms with E-state index in [9.17, 15) is 18.0 Å². The summed E-state index contributed by atoms with van der Waals surface area (Å²) in [7, 11) is 0. The van der Waals surface area contributed by atoms with Crippen molar-refractivity contribution in [3.8, 4) is 0 Å². The first-order valence-electron chi connectivity index (χ1n) is 3.32. The standard InChI is InChI=1S/C8H5F3O2/c9-8(10,11)6-3-1-5(2-4-6)7(12)13/h1-4H,(H,12,13)/i7+1. The van der Waals surface area contributed by atoms with Crippen LogP contribution in [0, 0.1) is 0 Å². The van der Waals surface area contributed by atoms with Gasteiger partial charge < -0.3 is 5.11 Å². The molecule has 1 aromatic carbocycles. The molecule has 0 radical (unpaired) electrons. The molecule has 1 aromatic rings. The highest BCUT2D eigenvalue weighted by Crippen LogP contribution is 2.28. The van der Waals surface area contributed by atoms with Crippen LogP contribution in [0.15, 0.2) is 24.3 Å². The first kappa shape index (κ1) is 9.57. The molecule has 0 saturated carbocycles. The third-order valence-electron chi connectivity index (χ3n) is 1.46. The van der Waals surface area contributed by atoms with E-state index in [2.05, 4.69) is 0 Å². The Kier molecular flexibility index (Phi) is 2.27. The van der Waals surface area contributed by atoms with Crippen LogP contribution in [0.25, 0.3) is 0 Å². The first-order chi connectivity index (χ1) is 5.91. The molecule has 0 aliphatic rings. The minimum absolute atomic E-state index is 0.159. The Labute approximate surface area is 71.6 Å². The lowest BCUT2D eigenvalue weighted by Gasteiger charge is -2.05. The van der Waals surface area contributed by atoms with E-state index >= 15 is 0 Å². The average Bonchev–Trinajstić information content (AvgIpc) is 2.03. The predicted molar refractivity (Wildman–Crippen MR) is 38.4 cm³/mol. The first-order valence-corrected chi connectivity index (χ1v) is 3.32. The minimum Gasteiger partial charge on any atom is -0.478 e. The Bertz CT molecular complexity index is 313. The zero-order valence-corrected chi connectivity index (χ0v) is 6.30. The number of carboxylic acid groups (broad SMARTS) is 1. The molecular formula is C8H5F3O2. The van der Waals surface area contributed by atoms with Gasteiger partial charge in [0, 0.05) is 0 Å². The molecule has 13 heavy (non-hydrogen) atoms. The molecule has 2 nitrogen and oxygen atoms in total. The van der Waals surface area contributed by atoms with Gasteiger partial charge >= 0.3 is 12.1 Å². The van der Waals surface area contributed by atoms with Gasteiger partial charge in [0.15, 0.2) is 0 Å². The fourth-order valence-corrected chi connectivity index (χ4v) is 0.802. The summed E-state index contributed by atoms with van der Waals surface area (Å²) in [6.45, 7) is 0. The van der Waals surface area contributed by atoms with E-state index in [0.29, 0.717) is 0 Å². The lowest BCUT2D eigenvalue weighted by Crippen LogP contribution is -2.05. The Morgan fingerprint density at radius 3 is 1.92 bits per heavy atom. The summed E-state index contributed by atoms with van der Waals surface area (Å²) < 4.78 is 35.9. The number of carboxylic acids is 1. The second kappa shape index (κ2) is 3.08. The molecule has 5 heteroatoms. The topological polar surface area (TPSA) is 37.3 Å². The lowest BCUT2D eigenvalue weighted by atomic mass is 10.2. The highest BCUT2D eigenvalue weighted by molar-refractivity contribution is 5.87. The Hall–Kier alpha value is -1.52. The third-order valence-corrected chi connectivity index (χ3v) is 1.46. The molecule has 1 N–H and O–H groups in total. The molecule has 70 valence electrons. The van der Waals surface area contributed by atoms with E-state index < -0.39 is 17.7 Å². The van der Waals surface area contributed by atoms with Gasteiger partial charge in [-0.05, 0) is 24.3 Å². The third kappa shape index (κ3) is 2.21. The van der Waals surface area contributed by atoms with Gasteiger partial charge in [0.25, 0.3) is 0 Å². The molecule has 1 rings (SSSR count). The van der Waals surface area contributed by atoms with Crippen molar-refractivity contribution in [2.24, 2.45) is 0 Å². The van der Waals surface area contributed by atoms with Crippen molar-refractivity contribution in [3.05, 3.63) is 35.4 Å². The van der Waals surface area contributed by atoms with Crippen molar-refractivity contribution >= 4 is 5.97 Å². The predicted octanol–water partition coefficient (Wildman–Crippen LogP) is 2.40. The molecule has 0 atom stereocenters. The molecule has 0 heterocycles. The highest BCUT2D eigenvalue weighted by Gasteiger charge is 2.30. The van der Waals surface area contributed by atoms with E-state index in [1.54, 1.807) is 0 Å². The minimum atomic E-state index is -4.42. The summed E-state index contributed by atoms with van der Waals surface area (Å²) in [4.78, 5) is 10.3. The van der Waals surface area contributed by atoms with Gasteiger partial charge in [-0.15, -0.1) is 0 Å². The van der Waals surface area contributed by atoms with Gasteiger partial charge in [0.1, 0.15) is 0 Å². The van der Waals surface area contributed by atoms with Gasteiger partial charge in [-0.2, -0.15) is 13.2 Å². The maximum absolute atomic E-state index is 12.0. The molecular weight excluding hydrogens is 186 g/mol. The average molecular weight is 191 g/mol. The van der Waals surface area contributed by atoms with E-state index in [0.717, 1.165) is 24.3 Å². The van der Waals surface area contributed by atoms with E-state index in [-0.39, 0.29) is 5.56 Å². The van der Waals surface area contributed by atoms with Crippen molar-refractivity contribution < 1.29 is 23.1 Å². The Morgan fingerprint density at radius 1 is 1.15 bits per heavy atom. The maximum Gasteiger partial charge on any atom is 0.416 e. The number of alkyl halides is 3. The fraction of sp³-hybridized carbons (Fsp3) is 0.125. The van der Waals surface area contributed by atoms with Crippen LogP contribution in [0.1, 0.15) is 15.9 Å². The van der Waals surface area contributed by atoms with Crippen LogP contribution in [0.2, 0.25) is 0 Å². The van der Waals surface area contributed by atoms with Gasteiger partial charge in [-0.25, -0.2) is 4.79 Å². The van der Waals surface area contributed by atoms with E-state index in [1.807, 2.05) is 0 Å². The number of halogens is 3. The van der Waals surface area contributed by atoms with Gasteiger partial charge in [0.2, 0.25) is 0 Å².